The number of hydrogen-bond donors (Lipinski definition) is 0. The van der Waals surface area contributed by atoms with Crippen LogP contribution >= 0.6 is 0 Å². The Morgan fingerprint density at radius 1 is 0.808 bits per heavy atom. The molecule has 0 bridgehead atoms. The van der Waals surface area contributed by atoms with Crippen LogP contribution in [0.5, 0.6) is 0 Å². The zero-order valence-corrected chi connectivity index (χ0v) is 20.9. The van der Waals surface area contributed by atoms with Crippen molar-refractivity contribution in [3.8, 4) is 24.7 Å². The van der Waals surface area contributed by atoms with Crippen LogP contribution in [-0.4, -0.2) is 0 Å². The second-order valence-electron chi connectivity index (χ2n) is 8.13. The van der Waals surface area contributed by atoms with E-state index in [4.69, 9.17) is 0 Å². The van der Waals surface area contributed by atoms with Crippen LogP contribution in [0.25, 0.3) is 0 Å². The summed E-state index contributed by atoms with van der Waals surface area (Å²) in [5, 5.41) is 0. The first-order chi connectivity index (χ1) is 11.4. The van der Waals surface area contributed by atoms with Gasteiger partial charge in [0, 0.05) is 0 Å². The van der Waals surface area contributed by atoms with Crippen LogP contribution in [0.2, 0.25) is 0 Å². The molecular formula is C26H52. The van der Waals surface area contributed by atoms with Crippen molar-refractivity contribution in [2.24, 2.45) is 11.3 Å². The van der Waals surface area contributed by atoms with Gasteiger partial charge in [-0.25, -0.2) is 0 Å². The van der Waals surface area contributed by atoms with E-state index < -0.39 is 0 Å². The maximum Gasteiger partial charge on any atom is -0.00297 e. The van der Waals surface area contributed by atoms with Crippen LogP contribution < -0.4 is 0 Å². The van der Waals surface area contributed by atoms with Gasteiger partial charge in [-0.05, 0) is 59.8 Å². The van der Waals surface area contributed by atoms with Gasteiger partial charge in [0.25, 0.3) is 0 Å². The molecule has 0 nitrogen and oxygen atoms in total. The van der Waals surface area contributed by atoms with Gasteiger partial charge in [-0.2, -0.15) is 0 Å². The van der Waals surface area contributed by atoms with Crippen molar-refractivity contribution in [2.75, 3.05) is 0 Å². The fourth-order valence-electron chi connectivity index (χ4n) is 0. The number of rotatable bonds is 0. The van der Waals surface area contributed by atoms with E-state index in [0.717, 1.165) is 5.92 Å². The third-order valence-corrected chi connectivity index (χ3v) is 0. The largest absolute Gasteiger partial charge is 0.120 e. The Hall–Kier alpha value is -1.66. The quantitative estimate of drug-likeness (QED) is 0.296. The lowest BCUT2D eigenvalue weighted by Gasteiger charge is -2.05. The molecule has 0 heterocycles. The van der Waals surface area contributed by atoms with Crippen molar-refractivity contribution in [3.63, 3.8) is 0 Å². The summed E-state index contributed by atoms with van der Waals surface area (Å²) >= 11 is 0. The van der Waals surface area contributed by atoms with Crippen molar-refractivity contribution in [2.45, 2.75) is 96.9 Å². The highest BCUT2D eigenvalue weighted by Crippen LogP contribution is 2.08. The van der Waals surface area contributed by atoms with Crippen LogP contribution in [-0.2, 0) is 0 Å². The number of hydrogen-bond acceptors (Lipinski definition) is 0. The predicted octanol–water partition coefficient (Wildman–Crippen LogP) is 9.35. The van der Waals surface area contributed by atoms with E-state index in [1.807, 2.05) is 34.6 Å². The lowest BCUT2D eigenvalue weighted by Crippen LogP contribution is -1.93. The van der Waals surface area contributed by atoms with Gasteiger partial charge in [-0.15, -0.1) is 44.4 Å². The monoisotopic (exact) mass is 364 g/mol. The summed E-state index contributed by atoms with van der Waals surface area (Å²) in [6.45, 7) is 38.8. The molecule has 0 atom stereocenters. The second kappa shape index (κ2) is 43.6. The van der Waals surface area contributed by atoms with Crippen LogP contribution in [0, 0.1) is 36.0 Å². The summed E-state index contributed by atoms with van der Waals surface area (Å²) in [6.07, 6.45) is 10.9. The molecule has 26 heavy (non-hydrogen) atoms. The average molecular weight is 365 g/mol. The summed E-state index contributed by atoms with van der Waals surface area (Å²) in [4.78, 5) is 0. The van der Waals surface area contributed by atoms with Gasteiger partial charge in [0.05, 0.1) is 0 Å². The van der Waals surface area contributed by atoms with Crippen molar-refractivity contribution in [1.29, 1.82) is 0 Å². The van der Waals surface area contributed by atoms with Gasteiger partial charge in [0.1, 0.15) is 0 Å². The standard InChI is InChI=1S/C5H12.C4H10.2C4H8.C3H6.2C3H4/c1-5(2,3)4;3*1-4(2)3;3*1-3-2/h1-4H3;4H,1-3H3;2*1H2,2-3H3;3H,1H2,2H3;2*1H,2H3. The van der Waals surface area contributed by atoms with Gasteiger partial charge in [-0.1, -0.05) is 65.7 Å². The molecule has 0 aromatic carbocycles. The SMILES string of the molecule is C#CC.C#CC.C=C(C)C.C=C(C)C.C=CC.CC(C)(C)C.CC(C)C. The van der Waals surface area contributed by atoms with Crippen LogP contribution in [0.3, 0.4) is 0 Å². The molecule has 0 aromatic rings. The lowest BCUT2D eigenvalue weighted by atomic mass is 10.0. The van der Waals surface area contributed by atoms with Gasteiger partial charge in [0.2, 0.25) is 0 Å². The molecule has 0 aliphatic carbocycles. The average Bonchev–Trinajstić information content (AvgIpc) is 2.25. The first-order valence-corrected chi connectivity index (χ1v) is 9.00. The Morgan fingerprint density at radius 3 is 0.808 bits per heavy atom. The van der Waals surface area contributed by atoms with Crippen molar-refractivity contribution < 1.29 is 0 Å². The Morgan fingerprint density at radius 2 is 0.808 bits per heavy atom. The molecule has 0 aromatic heterocycles. The van der Waals surface area contributed by atoms with E-state index >= 15 is 0 Å². The summed E-state index contributed by atoms with van der Waals surface area (Å²) in [5.41, 5.74) is 2.83. The third kappa shape index (κ3) is 3690. The Balaban J connectivity index is -0.0000000327. The minimum absolute atomic E-state index is 0.500. The van der Waals surface area contributed by atoms with Gasteiger partial charge < -0.3 is 0 Å². The summed E-state index contributed by atoms with van der Waals surface area (Å²) < 4.78 is 0. The van der Waals surface area contributed by atoms with E-state index in [2.05, 4.69) is 92.9 Å². The van der Waals surface area contributed by atoms with Crippen LogP contribution in [0.4, 0.5) is 0 Å². The fourth-order valence-corrected chi connectivity index (χ4v) is 0. The van der Waals surface area contributed by atoms with E-state index in [0.29, 0.717) is 5.41 Å². The smallest absolute Gasteiger partial charge is 0.00297 e. The van der Waals surface area contributed by atoms with Gasteiger partial charge in [0.15, 0.2) is 0 Å². The lowest BCUT2D eigenvalue weighted by molar-refractivity contribution is 0.469. The Bertz CT molecular complexity index is 291. The third-order valence-electron chi connectivity index (χ3n) is 0. The second-order valence-corrected chi connectivity index (χ2v) is 8.13. The van der Waals surface area contributed by atoms with E-state index in [1.54, 1.807) is 19.9 Å². The topological polar surface area (TPSA) is 0 Å². The number of allylic oxidation sites excluding steroid dienone is 3. The Labute approximate surface area is 170 Å². The highest BCUT2D eigenvalue weighted by Gasteiger charge is 1.95. The van der Waals surface area contributed by atoms with Crippen molar-refractivity contribution >= 4 is 0 Å². The van der Waals surface area contributed by atoms with E-state index in [9.17, 15) is 0 Å². The molecule has 0 radical (unpaired) electrons. The van der Waals surface area contributed by atoms with Gasteiger partial charge >= 0.3 is 0 Å². The molecule has 0 aliphatic rings. The normalized spacial score (nSPS) is 6.81. The van der Waals surface area contributed by atoms with Crippen LogP contribution in [0.15, 0.2) is 37.0 Å². The van der Waals surface area contributed by atoms with Gasteiger partial charge in [-0.3, -0.25) is 0 Å². The summed E-state index contributed by atoms with van der Waals surface area (Å²) in [5.74, 6) is 5.33. The molecule has 0 saturated heterocycles. The maximum absolute atomic E-state index is 4.60. The molecule has 0 unspecified atom stereocenters. The predicted molar refractivity (Wildman–Crippen MR) is 132 cm³/mol. The molecule has 0 spiro atoms. The zero-order chi connectivity index (χ0) is 23.4. The molecule has 0 fully saturated rings. The molecular weight excluding hydrogens is 312 g/mol. The highest BCUT2D eigenvalue weighted by atomic mass is 14.0. The molecule has 0 amide bonds. The summed E-state index contributed by atoms with van der Waals surface area (Å²) in [7, 11) is 0. The van der Waals surface area contributed by atoms with Crippen LogP contribution in [0.1, 0.15) is 96.9 Å². The molecule has 0 saturated carbocycles. The minimum Gasteiger partial charge on any atom is -0.120 e. The van der Waals surface area contributed by atoms with Crippen molar-refractivity contribution in [3.05, 3.63) is 37.0 Å². The Kier molecular flexibility index (Phi) is 74.0. The highest BCUT2D eigenvalue weighted by molar-refractivity contribution is 4.79. The molecule has 0 rings (SSSR count). The van der Waals surface area contributed by atoms with E-state index in [1.165, 1.54) is 11.1 Å². The number of terminal acetylenes is 2. The first-order valence-electron chi connectivity index (χ1n) is 9.00. The molecule has 156 valence electrons. The molecule has 0 heteroatoms. The maximum atomic E-state index is 4.60. The minimum atomic E-state index is 0.500. The molecule has 0 aliphatic heterocycles. The first kappa shape index (κ1) is 44.1. The summed E-state index contributed by atoms with van der Waals surface area (Å²) in [6, 6.07) is 0. The molecule has 0 N–H and O–H groups in total. The zero-order valence-electron chi connectivity index (χ0n) is 20.9. The van der Waals surface area contributed by atoms with Crippen molar-refractivity contribution in [1.82, 2.24) is 0 Å². The van der Waals surface area contributed by atoms with E-state index in [-0.39, 0.29) is 0 Å². The fraction of sp³-hybridized carbons (Fsp3) is 0.615.